The first-order valence-corrected chi connectivity index (χ1v) is 11.0. The Morgan fingerprint density at radius 3 is 2.56 bits per heavy atom. The molecule has 0 bridgehead atoms. The Morgan fingerprint density at radius 2 is 1.88 bits per heavy atom. The third-order valence-corrected chi connectivity index (χ3v) is 5.32. The molecule has 0 fully saturated rings. The number of hydrogen-bond acceptors (Lipinski definition) is 4. The number of benzene rings is 2. The SMILES string of the molecule is CCC(=O)N[C@@H](Cc1cn(-c2cccc(Cl)c2)cn1)C(=O)N[C@H](CN)Cc1ccccc1. The summed E-state index contributed by atoms with van der Waals surface area (Å²) >= 11 is 6.08. The first-order valence-electron chi connectivity index (χ1n) is 10.6. The van der Waals surface area contributed by atoms with E-state index >= 15 is 0 Å². The topological polar surface area (TPSA) is 102 Å². The van der Waals surface area contributed by atoms with Crippen LogP contribution in [-0.4, -0.2) is 40.0 Å². The normalized spacial score (nSPS) is 12.7. The molecule has 0 saturated carbocycles. The standard InChI is InChI=1S/C24H28ClN5O2/c1-2-23(31)29-22(24(32)28-19(14-26)11-17-7-4-3-5-8-17)13-20-15-30(16-27-20)21-10-6-9-18(25)12-21/h3-10,12,15-16,19,22H,2,11,13-14,26H2,1H3,(H,28,32)(H,29,31)/t19-,22-/m0/s1. The Morgan fingerprint density at radius 1 is 1.09 bits per heavy atom. The van der Waals surface area contributed by atoms with Crippen LogP contribution < -0.4 is 16.4 Å². The third kappa shape index (κ3) is 6.67. The lowest BCUT2D eigenvalue weighted by molar-refractivity contribution is -0.129. The molecule has 0 aliphatic heterocycles. The van der Waals surface area contributed by atoms with Crippen molar-refractivity contribution in [2.24, 2.45) is 5.73 Å². The van der Waals surface area contributed by atoms with E-state index in [-0.39, 0.29) is 30.7 Å². The molecule has 2 atom stereocenters. The van der Waals surface area contributed by atoms with Gasteiger partial charge < -0.3 is 20.9 Å². The molecule has 168 valence electrons. The van der Waals surface area contributed by atoms with E-state index in [4.69, 9.17) is 17.3 Å². The Kier molecular flexibility index (Phi) is 8.41. The number of rotatable bonds is 10. The van der Waals surface area contributed by atoms with E-state index in [0.29, 0.717) is 23.7 Å². The minimum absolute atomic E-state index is 0.202. The van der Waals surface area contributed by atoms with Crippen LogP contribution in [0.15, 0.2) is 67.1 Å². The summed E-state index contributed by atoms with van der Waals surface area (Å²) in [6.07, 6.45) is 4.64. The van der Waals surface area contributed by atoms with Gasteiger partial charge in [0, 0.05) is 42.3 Å². The fourth-order valence-corrected chi connectivity index (χ4v) is 3.54. The number of nitrogens with two attached hydrogens (primary N) is 1. The van der Waals surface area contributed by atoms with Gasteiger partial charge in [-0.25, -0.2) is 4.98 Å². The summed E-state index contributed by atoms with van der Waals surface area (Å²) in [7, 11) is 0. The molecule has 0 radical (unpaired) electrons. The maximum absolute atomic E-state index is 13.0. The lowest BCUT2D eigenvalue weighted by Crippen LogP contribution is -2.52. The summed E-state index contributed by atoms with van der Waals surface area (Å²) < 4.78 is 1.83. The average Bonchev–Trinajstić information content (AvgIpc) is 3.27. The lowest BCUT2D eigenvalue weighted by Gasteiger charge is -2.22. The number of amides is 2. The first-order chi connectivity index (χ1) is 15.5. The van der Waals surface area contributed by atoms with Gasteiger partial charge in [0.25, 0.3) is 0 Å². The monoisotopic (exact) mass is 453 g/mol. The van der Waals surface area contributed by atoms with Crippen LogP contribution in [0.4, 0.5) is 0 Å². The second-order valence-corrected chi connectivity index (χ2v) is 8.00. The Balaban J connectivity index is 1.71. The second-order valence-electron chi connectivity index (χ2n) is 7.56. The van der Waals surface area contributed by atoms with Crippen LogP contribution in [0.2, 0.25) is 5.02 Å². The zero-order chi connectivity index (χ0) is 22.9. The molecule has 0 aliphatic rings. The first kappa shape index (κ1) is 23.5. The van der Waals surface area contributed by atoms with Gasteiger partial charge in [0.05, 0.1) is 12.0 Å². The van der Waals surface area contributed by atoms with Crippen LogP contribution in [-0.2, 0) is 22.4 Å². The van der Waals surface area contributed by atoms with Crippen LogP contribution in [0.25, 0.3) is 5.69 Å². The summed E-state index contributed by atoms with van der Waals surface area (Å²) in [4.78, 5) is 29.5. The summed E-state index contributed by atoms with van der Waals surface area (Å²) in [5.41, 5.74) is 8.52. The summed E-state index contributed by atoms with van der Waals surface area (Å²) in [6, 6.07) is 16.2. The highest BCUT2D eigenvalue weighted by molar-refractivity contribution is 6.30. The molecule has 2 amide bonds. The number of carbonyl (C=O) groups is 2. The Bertz CT molecular complexity index is 1040. The minimum Gasteiger partial charge on any atom is -0.350 e. The van der Waals surface area contributed by atoms with Gasteiger partial charge in [0.2, 0.25) is 11.8 Å². The number of hydrogen-bond donors (Lipinski definition) is 3. The zero-order valence-electron chi connectivity index (χ0n) is 18.0. The van der Waals surface area contributed by atoms with Gasteiger partial charge in [-0.2, -0.15) is 0 Å². The molecule has 1 aromatic heterocycles. The molecule has 0 saturated heterocycles. The molecule has 3 aromatic rings. The van der Waals surface area contributed by atoms with Crippen LogP contribution in [0, 0.1) is 0 Å². The molecular formula is C24H28ClN5O2. The molecule has 8 heteroatoms. The molecule has 1 heterocycles. The fraction of sp³-hybridized carbons (Fsp3) is 0.292. The Hall–Kier alpha value is -3.16. The number of nitrogens with one attached hydrogen (secondary N) is 2. The highest BCUT2D eigenvalue weighted by Crippen LogP contribution is 2.15. The third-order valence-electron chi connectivity index (χ3n) is 5.08. The van der Waals surface area contributed by atoms with Crippen molar-refractivity contribution in [3.05, 3.63) is 83.4 Å². The number of halogens is 1. The Labute approximate surface area is 193 Å². The molecule has 0 spiro atoms. The largest absolute Gasteiger partial charge is 0.350 e. The van der Waals surface area contributed by atoms with Crippen molar-refractivity contribution in [2.45, 2.75) is 38.3 Å². The van der Waals surface area contributed by atoms with Gasteiger partial charge in [-0.3, -0.25) is 9.59 Å². The van der Waals surface area contributed by atoms with Crippen LogP contribution in [0.5, 0.6) is 0 Å². The number of carbonyl (C=O) groups excluding carboxylic acids is 2. The van der Waals surface area contributed by atoms with Crippen molar-refractivity contribution < 1.29 is 9.59 Å². The quantitative estimate of drug-likeness (QED) is 0.439. The van der Waals surface area contributed by atoms with E-state index < -0.39 is 6.04 Å². The number of imidazole rings is 1. The van der Waals surface area contributed by atoms with Crippen molar-refractivity contribution in [1.82, 2.24) is 20.2 Å². The van der Waals surface area contributed by atoms with Crippen LogP contribution >= 0.6 is 11.6 Å². The van der Waals surface area contributed by atoms with Gasteiger partial charge in [-0.05, 0) is 30.2 Å². The van der Waals surface area contributed by atoms with Gasteiger partial charge >= 0.3 is 0 Å². The molecule has 0 unspecified atom stereocenters. The van der Waals surface area contributed by atoms with Crippen molar-refractivity contribution in [2.75, 3.05) is 6.54 Å². The number of aromatic nitrogens is 2. The van der Waals surface area contributed by atoms with Crippen LogP contribution in [0.1, 0.15) is 24.6 Å². The van der Waals surface area contributed by atoms with Crippen molar-refractivity contribution in [3.8, 4) is 5.69 Å². The maximum Gasteiger partial charge on any atom is 0.243 e. The molecule has 0 aliphatic carbocycles. The summed E-state index contributed by atoms with van der Waals surface area (Å²) in [5, 5.41) is 6.41. The van der Waals surface area contributed by atoms with Gasteiger partial charge in [0.15, 0.2) is 0 Å². The highest BCUT2D eigenvalue weighted by atomic mass is 35.5. The minimum atomic E-state index is -0.755. The predicted octanol–water partition coefficient (Wildman–Crippen LogP) is 2.65. The summed E-state index contributed by atoms with van der Waals surface area (Å²) in [5.74, 6) is -0.484. The average molecular weight is 454 g/mol. The second kappa shape index (κ2) is 11.5. The van der Waals surface area contributed by atoms with E-state index in [1.165, 1.54) is 0 Å². The van der Waals surface area contributed by atoms with Crippen molar-refractivity contribution >= 4 is 23.4 Å². The van der Waals surface area contributed by atoms with Gasteiger partial charge in [0.1, 0.15) is 6.04 Å². The van der Waals surface area contributed by atoms with Crippen molar-refractivity contribution in [1.29, 1.82) is 0 Å². The van der Waals surface area contributed by atoms with E-state index in [1.54, 1.807) is 19.3 Å². The van der Waals surface area contributed by atoms with Gasteiger partial charge in [-0.1, -0.05) is 54.9 Å². The lowest BCUT2D eigenvalue weighted by atomic mass is 10.0. The molecule has 2 aromatic carbocycles. The molecular weight excluding hydrogens is 426 g/mol. The molecule has 3 rings (SSSR count). The molecule has 32 heavy (non-hydrogen) atoms. The molecule has 4 N–H and O–H groups in total. The van der Waals surface area contributed by atoms with E-state index in [2.05, 4.69) is 15.6 Å². The highest BCUT2D eigenvalue weighted by Gasteiger charge is 2.24. The van der Waals surface area contributed by atoms with E-state index in [1.807, 2.05) is 59.3 Å². The summed E-state index contributed by atoms with van der Waals surface area (Å²) in [6.45, 7) is 2.04. The number of nitrogens with zero attached hydrogens (tertiary/aromatic N) is 2. The fourth-order valence-electron chi connectivity index (χ4n) is 3.36. The smallest absolute Gasteiger partial charge is 0.243 e. The van der Waals surface area contributed by atoms with E-state index in [9.17, 15) is 9.59 Å². The van der Waals surface area contributed by atoms with Crippen LogP contribution in [0.3, 0.4) is 0 Å². The van der Waals surface area contributed by atoms with Crippen molar-refractivity contribution in [3.63, 3.8) is 0 Å². The maximum atomic E-state index is 13.0. The van der Waals surface area contributed by atoms with E-state index in [0.717, 1.165) is 11.3 Å². The molecule has 7 nitrogen and oxygen atoms in total. The zero-order valence-corrected chi connectivity index (χ0v) is 18.8. The predicted molar refractivity (Wildman–Crippen MR) is 126 cm³/mol. The van der Waals surface area contributed by atoms with Gasteiger partial charge in [-0.15, -0.1) is 0 Å².